The van der Waals surface area contributed by atoms with E-state index in [1.165, 1.54) is 0 Å². The smallest absolute Gasteiger partial charge is 0.269 e. The number of aromatic nitrogens is 2. The quantitative estimate of drug-likeness (QED) is 0.655. The molecule has 0 saturated heterocycles. The first-order chi connectivity index (χ1) is 5.69. The van der Waals surface area contributed by atoms with E-state index in [1.807, 2.05) is 13.0 Å². The second-order valence-electron chi connectivity index (χ2n) is 2.44. The SMILES string of the molecule is CCc1nc(C)c(C#N)c(=O)[nH]1. The maximum atomic E-state index is 11.1. The van der Waals surface area contributed by atoms with Crippen LogP contribution in [0.25, 0.3) is 0 Å². The molecule has 0 bridgehead atoms. The van der Waals surface area contributed by atoms with E-state index < -0.39 is 0 Å². The van der Waals surface area contributed by atoms with Gasteiger partial charge in [0.1, 0.15) is 17.5 Å². The zero-order valence-corrected chi connectivity index (χ0v) is 7.01. The molecule has 0 fully saturated rings. The third-order valence-electron chi connectivity index (χ3n) is 1.60. The molecular formula is C8H9N3O. The van der Waals surface area contributed by atoms with Gasteiger partial charge in [-0.15, -0.1) is 0 Å². The fraction of sp³-hybridized carbons (Fsp3) is 0.375. The van der Waals surface area contributed by atoms with Gasteiger partial charge in [0, 0.05) is 6.42 Å². The van der Waals surface area contributed by atoms with Crippen LogP contribution in [0.4, 0.5) is 0 Å². The van der Waals surface area contributed by atoms with E-state index in [2.05, 4.69) is 9.97 Å². The van der Waals surface area contributed by atoms with Gasteiger partial charge in [-0.1, -0.05) is 6.92 Å². The molecule has 0 aromatic carbocycles. The van der Waals surface area contributed by atoms with Crippen LogP contribution in [0.3, 0.4) is 0 Å². The van der Waals surface area contributed by atoms with E-state index in [0.29, 0.717) is 17.9 Å². The van der Waals surface area contributed by atoms with Gasteiger partial charge in [0.05, 0.1) is 5.69 Å². The van der Waals surface area contributed by atoms with Crippen LogP contribution in [0.2, 0.25) is 0 Å². The molecule has 0 amide bonds. The third-order valence-corrected chi connectivity index (χ3v) is 1.60. The molecule has 4 nitrogen and oxygen atoms in total. The summed E-state index contributed by atoms with van der Waals surface area (Å²) in [5, 5.41) is 8.55. The Bertz CT molecular complexity index is 386. The summed E-state index contributed by atoms with van der Waals surface area (Å²) in [6.07, 6.45) is 0.668. The van der Waals surface area contributed by atoms with Gasteiger partial charge in [-0.25, -0.2) is 4.98 Å². The van der Waals surface area contributed by atoms with E-state index in [4.69, 9.17) is 5.26 Å². The molecule has 4 heteroatoms. The number of nitriles is 1. The van der Waals surface area contributed by atoms with Gasteiger partial charge in [-0.3, -0.25) is 4.79 Å². The Morgan fingerprint density at radius 2 is 2.33 bits per heavy atom. The Balaban J connectivity index is 3.41. The Morgan fingerprint density at radius 1 is 1.67 bits per heavy atom. The molecule has 62 valence electrons. The van der Waals surface area contributed by atoms with Gasteiger partial charge in [0.15, 0.2) is 0 Å². The van der Waals surface area contributed by atoms with E-state index in [1.54, 1.807) is 6.92 Å². The molecular weight excluding hydrogens is 154 g/mol. The summed E-state index contributed by atoms with van der Waals surface area (Å²) >= 11 is 0. The Morgan fingerprint density at radius 3 is 2.75 bits per heavy atom. The number of hydrogen-bond acceptors (Lipinski definition) is 3. The maximum Gasteiger partial charge on any atom is 0.269 e. The van der Waals surface area contributed by atoms with Crippen LogP contribution in [0.1, 0.15) is 24.0 Å². The van der Waals surface area contributed by atoms with Crippen molar-refractivity contribution in [2.24, 2.45) is 0 Å². The van der Waals surface area contributed by atoms with Gasteiger partial charge in [-0.05, 0) is 6.92 Å². The lowest BCUT2D eigenvalue weighted by Gasteiger charge is -1.98. The summed E-state index contributed by atoms with van der Waals surface area (Å²) in [7, 11) is 0. The maximum absolute atomic E-state index is 11.1. The first-order valence-electron chi connectivity index (χ1n) is 3.69. The van der Waals surface area contributed by atoms with Gasteiger partial charge in [-0.2, -0.15) is 5.26 Å². The zero-order chi connectivity index (χ0) is 9.14. The summed E-state index contributed by atoms with van der Waals surface area (Å²) in [6, 6.07) is 1.81. The lowest BCUT2D eigenvalue weighted by Crippen LogP contribution is -2.16. The van der Waals surface area contributed by atoms with Crippen molar-refractivity contribution >= 4 is 0 Å². The standard InChI is InChI=1S/C8H9N3O/c1-3-7-10-5(2)6(4-9)8(12)11-7/h3H2,1-2H3,(H,10,11,12). The summed E-state index contributed by atoms with van der Waals surface area (Å²) < 4.78 is 0. The summed E-state index contributed by atoms with van der Waals surface area (Å²) in [4.78, 5) is 17.7. The van der Waals surface area contributed by atoms with Crippen molar-refractivity contribution in [1.82, 2.24) is 9.97 Å². The average molecular weight is 163 g/mol. The van der Waals surface area contributed by atoms with Crippen LogP contribution in [0.15, 0.2) is 4.79 Å². The molecule has 0 unspecified atom stereocenters. The van der Waals surface area contributed by atoms with Gasteiger partial charge in [0.25, 0.3) is 5.56 Å². The average Bonchev–Trinajstić information content (AvgIpc) is 2.03. The van der Waals surface area contributed by atoms with Crippen molar-refractivity contribution in [3.8, 4) is 6.07 Å². The molecule has 12 heavy (non-hydrogen) atoms. The molecule has 1 N–H and O–H groups in total. The summed E-state index contributed by atoms with van der Waals surface area (Å²) in [6.45, 7) is 3.55. The van der Waals surface area contributed by atoms with Gasteiger partial charge in [0.2, 0.25) is 0 Å². The number of nitrogens with zero attached hydrogens (tertiary/aromatic N) is 2. The summed E-state index contributed by atoms with van der Waals surface area (Å²) in [5.74, 6) is 0.622. The minimum Gasteiger partial charge on any atom is -0.309 e. The van der Waals surface area contributed by atoms with Gasteiger partial charge < -0.3 is 4.98 Å². The lowest BCUT2D eigenvalue weighted by atomic mass is 10.2. The molecule has 1 rings (SSSR count). The zero-order valence-electron chi connectivity index (χ0n) is 7.01. The normalized spacial score (nSPS) is 9.42. The van der Waals surface area contributed by atoms with Crippen LogP contribution < -0.4 is 5.56 Å². The summed E-state index contributed by atoms with van der Waals surface area (Å²) in [5.41, 5.74) is 0.257. The molecule has 0 aliphatic heterocycles. The van der Waals surface area contributed by atoms with E-state index >= 15 is 0 Å². The number of aromatic amines is 1. The van der Waals surface area contributed by atoms with Crippen molar-refractivity contribution in [3.05, 3.63) is 27.4 Å². The molecule has 1 aromatic rings. The fourth-order valence-corrected chi connectivity index (χ4v) is 0.943. The molecule has 0 atom stereocenters. The van der Waals surface area contributed by atoms with Crippen LogP contribution in [-0.2, 0) is 6.42 Å². The Hall–Kier alpha value is -1.63. The minimum atomic E-state index is -0.346. The first kappa shape index (κ1) is 8.47. The third kappa shape index (κ3) is 1.35. The highest BCUT2D eigenvalue weighted by atomic mass is 16.1. The lowest BCUT2D eigenvalue weighted by molar-refractivity contribution is 0.892. The molecule has 0 spiro atoms. The highest BCUT2D eigenvalue weighted by molar-refractivity contribution is 5.29. The van der Waals surface area contributed by atoms with Crippen LogP contribution >= 0.6 is 0 Å². The van der Waals surface area contributed by atoms with Crippen molar-refractivity contribution in [2.75, 3.05) is 0 Å². The van der Waals surface area contributed by atoms with E-state index in [0.717, 1.165) is 0 Å². The first-order valence-corrected chi connectivity index (χ1v) is 3.69. The molecule has 1 heterocycles. The van der Waals surface area contributed by atoms with Crippen LogP contribution in [0.5, 0.6) is 0 Å². The van der Waals surface area contributed by atoms with Crippen molar-refractivity contribution in [3.63, 3.8) is 0 Å². The Kier molecular flexibility index (Phi) is 2.24. The number of hydrogen-bond donors (Lipinski definition) is 1. The molecule has 0 radical (unpaired) electrons. The van der Waals surface area contributed by atoms with E-state index in [9.17, 15) is 4.79 Å². The van der Waals surface area contributed by atoms with Crippen LogP contribution in [-0.4, -0.2) is 9.97 Å². The minimum absolute atomic E-state index is 0.104. The highest BCUT2D eigenvalue weighted by Gasteiger charge is 2.04. The van der Waals surface area contributed by atoms with E-state index in [-0.39, 0.29) is 11.1 Å². The highest BCUT2D eigenvalue weighted by Crippen LogP contribution is 1.96. The number of nitrogens with one attached hydrogen (secondary N) is 1. The fourth-order valence-electron chi connectivity index (χ4n) is 0.943. The molecule has 0 aliphatic rings. The predicted octanol–water partition coefficient (Wildman–Crippen LogP) is 0.512. The number of aryl methyl sites for hydroxylation is 2. The largest absolute Gasteiger partial charge is 0.309 e. The predicted molar refractivity (Wildman–Crippen MR) is 43.7 cm³/mol. The van der Waals surface area contributed by atoms with Crippen molar-refractivity contribution in [1.29, 1.82) is 5.26 Å². The van der Waals surface area contributed by atoms with Crippen LogP contribution in [0, 0.1) is 18.3 Å². The second-order valence-corrected chi connectivity index (χ2v) is 2.44. The Labute approximate surface area is 69.9 Å². The second kappa shape index (κ2) is 3.18. The van der Waals surface area contributed by atoms with Crippen molar-refractivity contribution in [2.45, 2.75) is 20.3 Å². The number of rotatable bonds is 1. The molecule has 0 aliphatic carbocycles. The van der Waals surface area contributed by atoms with Crippen molar-refractivity contribution < 1.29 is 0 Å². The number of H-pyrrole nitrogens is 1. The van der Waals surface area contributed by atoms with Gasteiger partial charge >= 0.3 is 0 Å². The topological polar surface area (TPSA) is 69.5 Å². The molecule has 1 aromatic heterocycles. The molecule has 0 saturated carbocycles. The monoisotopic (exact) mass is 163 g/mol.